The van der Waals surface area contributed by atoms with Gasteiger partial charge in [0, 0.05) is 18.2 Å². The number of amides is 1. The average Bonchev–Trinajstić information content (AvgIpc) is 3.03. The van der Waals surface area contributed by atoms with Crippen LogP contribution in [-0.4, -0.2) is 25.1 Å². The molecule has 1 aromatic rings. The van der Waals surface area contributed by atoms with Crippen molar-refractivity contribution in [1.29, 1.82) is 0 Å². The van der Waals surface area contributed by atoms with Crippen molar-refractivity contribution < 1.29 is 9.53 Å². The van der Waals surface area contributed by atoms with Gasteiger partial charge in [0.1, 0.15) is 5.75 Å². The van der Waals surface area contributed by atoms with Crippen molar-refractivity contribution in [3.05, 3.63) is 35.9 Å². The third-order valence-corrected chi connectivity index (χ3v) is 2.71. The highest BCUT2D eigenvalue weighted by Crippen LogP contribution is 2.17. The van der Waals surface area contributed by atoms with E-state index in [1.807, 2.05) is 24.3 Å². The lowest BCUT2D eigenvalue weighted by molar-refractivity contribution is -0.116. The summed E-state index contributed by atoms with van der Waals surface area (Å²) < 4.78 is 5.05. The fourth-order valence-electron chi connectivity index (χ4n) is 1.50. The van der Waals surface area contributed by atoms with Crippen LogP contribution >= 0.6 is 0 Å². The molecule has 0 radical (unpaired) electrons. The Morgan fingerprint density at radius 3 is 2.65 bits per heavy atom. The molecule has 1 amide bonds. The van der Waals surface area contributed by atoms with Gasteiger partial charge in [0.2, 0.25) is 5.91 Å². The summed E-state index contributed by atoms with van der Waals surface area (Å²) in [4.78, 5) is 11.5. The standard InChI is InChI=1S/C13H16N2O2/c1-17-10-5-2-9(3-6-10)4-7-13(16)15-12-8-11(12)14/h2-7,11-12H,8,14H2,1H3,(H,15,16)/b7-4+. The van der Waals surface area contributed by atoms with Crippen molar-refractivity contribution in [2.75, 3.05) is 7.11 Å². The zero-order chi connectivity index (χ0) is 12.3. The molecule has 0 aromatic heterocycles. The topological polar surface area (TPSA) is 64.3 Å². The van der Waals surface area contributed by atoms with E-state index in [9.17, 15) is 4.79 Å². The van der Waals surface area contributed by atoms with Gasteiger partial charge in [-0.15, -0.1) is 0 Å². The van der Waals surface area contributed by atoms with Crippen LogP contribution in [-0.2, 0) is 4.79 Å². The smallest absolute Gasteiger partial charge is 0.244 e. The van der Waals surface area contributed by atoms with Crippen LogP contribution in [0.5, 0.6) is 5.75 Å². The first-order chi connectivity index (χ1) is 8.19. The Morgan fingerprint density at radius 1 is 1.47 bits per heavy atom. The summed E-state index contributed by atoms with van der Waals surface area (Å²) in [6.45, 7) is 0. The second-order valence-corrected chi connectivity index (χ2v) is 4.12. The molecule has 0 spiro atoms. The number of rotatable bonds is 4. The van der Waals surface area contributed by atoms with Crippen molar-refractivity contribution in [2.45, 2.75) is 18.5 Å². The predicted octanol–water partition coefficient (Wildman–Crippen LogP) is 0.924. The van der Waals surface area contributed by atoms with Crippen LogP contribution in [0.1, 0.15) is 12.0 Å². The average molecular weight is 232 g/mol. The molecule has 1 aromatic carbocycles. The summed E-state index contributed by atoms with van der Waals surface area (Å²) in [5.74, 6) is 0.703. The first-order valence-electron chi connectivity index (χ1n) is 5.57. The second-order valence-electron chi connectivity index (χ2n) is 4.12. The Kier molecular flexibility index (Phi) is 3.44. The van der Waals surface area contributed by atoms with Crippen molar-refractivity contribution in [3.63, 3.8) is 0 Å². The Morgan fingerprint density at radius 2 is 2.12 bits per heavy atom. The van der Waals surface area contributed by atoms with Gasteiger partial charge in [-0.05, 0) is 30.2 Å². The summed E-state index contributed by atoms with van der Waals surface area (Å²) in [5.41, 5.74) is 6.56. The van der Waals surface area contributed by atoms with Crippen LogP contribution in [0.25, 0.3) is 6.08 Å². The summed E-state index contributed by atoms with van der Waals surface area (Å²) in [7, 11) is 1.62. The van der Waals surface area contributed by atoms with Gasteiger partial charge in [-0.1, -0.05) is 12.1 Å². The maximum Gasteiger partial charge on any atom is 0.244 e. The van der Waals surface area contributed by atoms with E-state index in [1.165, 1.54) is 6.08 Å². The Balaban J connectivity index is 1.88. The van der Waals surface area contributed by atoms with Crippen molar-refractivity contribution >= 4 is 12.0 Å². The van der Waals surface area contributed by atoms with Gasteiger partial charge >= 0.3 is 0 Å². The number of hydrogen-bond donors (Lipinski definition) is 2. The molecule has 90 valence electrons. The van der Waals surface area contributed by atoms with E-state index < -0.39 is 0 Å². The quantitative estimate of drug-likeness (QED) is 0.759. The molecule has 1 aliphatic rings. The van der Waals surface area contributed by atoms with E-state index in [-0.39, 0.29) is 18.0 Å². The van der Waals surface area contributed by atoms with E-state index in [1.54, 1.807) is 13.2 Å². The number of hydrogen-bond acceptors (Lipinski definition) is 3. The summed E-state index contributed by atoms with van der Waals surface area (Å²) in [6.07, 6.45) is 4.16. The number of methoxy groups -OCH3 is 1. The molecule has 0 aliphatic heterocycles. The molecule has 4 heteroatoms. The summed E-state index contributed by atoms with van der Waals surface area (Å²) >= 11 is 0. The van der Waals surface area contributed by atoms with Gasteiger partial charge in [-0.25, -0.2) is 0 Å². The van der Waals surface area contributed by atoms with Crippen molar-refractivity contribution in [2.24, 2.45) is 5.73 Å². The SMILES string of the molecule is COc1ccc(/C=C/C(=O)NC2CC2N)cc1. The van der Waals surface area contributed by atoms with Crippen LogP contribution in [0, 0.1) is 0 Å². The zero-order valence-electron chi connectivity index (χ0n) is 9.72. The van der Waals surface area contributed by atoms with Crippen LogP contribution in [0.15, 0.2) is 30.3 Å². The number of ether oxygens (including phenoxy) is 1. The fourth-order valence-corrected chi connectivity index (χ4v) is 1.50. The van der Waals surface area contributed by atoms with Crippen molar-refractivity contribution in [3.8, 4) is 5.75 Å². The lowest BCUT2D eigenvalue weighted by Crippen LogP contribution is -2.27. The van der Waals surface area contributed by atoms with E-state index >= 15 is 0 Å². The number of nitrogens with two attached hydrogens (primary N) is 1. The monoisotopic (exact) mass is 232 g/mol. The molecule has 0 saturated heterocycles. The van der Waals surface area contributed by atoms with Crippen LogP contribution in [0.3, 0.4) is 0 Å². The Labute approximate surface area is 100 Å². The van der Waals surface area contributed by atoms with Gasteiger partial charge < -0.3 is 15.8 Å². The third-order valence-electron chi connectivity index (χ3n) is 2.71. The maximum atomic E-state index is 11.5. The summed E-state index contributed by atoms with van der Waals surface area (Å²) in [6, 6.07) is 7.79. The molecule has 4 nitrogen and oxygen atoms in total. The van der Waals surface area contributed by atoms with Crippen LogP contribution < -0.4 is 15.8 Å². The number of carbonyl (C=O) groups is 1. The molecular weight excluding hydrogens is 216 g/mol. The molecule has 1 saturated carbocycles. The van der Waals surface area contributed by atoms with Crippen molar-refractivity contribution in [1.82, 2.24) is 5.32 Å². The van der Waals surface area contributed by atoms with Gasteiger partial charge in [-0.3, -0.25) is 4.79 Å². The molecular formula is C13H16N2O2. The molecule has 0 heterocycles. The highest BCUT2D eigenvalue weighted by atomic mass is 16.5. The molecule has 3 N–H and O–H groups in total. The first-order valence-corrected chi connectivity index (χ1v) is 5.57. The highest BCUT2D eigenvalue weighted by Gasteiger charge is 2.34. The molecule has 17 heavy (non-hydrogen) atoms. The van der Waals surface area contributed by atoms with E-state index in [0.29, 0.717) is 0 Å². The van der Waals surface area contributed by atoms with E-state index in [0.717, 1.165) is 17.7 Å². The molecule has 1 aliphatic carbocycles. The first kappa shape index (κ1) is 11.7. The molecule has 2 rings (SSSR count). The minimum atomic E-state index is -0.0984. The van der Waals surface area contributed by atoms with E-state index in [4.69, 9.17) is 10.5 Å². The van der Waals surface area contributed by atoms with Gasteiger partial charge in [0.15, 0.2) is 0 Å². The zero-order valence-corrected chi connectivity index (χ0v) is 9.72. The largest absolute Gasteiger partial charge is 0.497 e. The number of benzene rings is 1. The van der Waals surface area contributed by atoms with Gasteiger partial charge in [0.05, 0.1) is 7.11 Å². The number of nitrogens with one attached hydrogen (secondary N) is 1. The normalized spacial score (nSPS) is 22.5. The minimum Gasteiger partial charge on any atom is -0.497 e. The van der Waals surface area contributed by atoms with Crippen LogP contribution in [0.2, 0.25) is 0 Å². The predicted molar refractivity (Wildman–Crippen MR) is 66.6 cm³/mol. The maximum absolute atomic E-state index is 11.5. The third kappa shape index (κ3) is 3.32. The molecule has 2 unspecified atom stereocenters. The minimum absolute atomic E-state index is 0.0984. The Hall–Kier alpha value is -1.81. The van der Waals surface area contributed by atoms with E-state index in [2.05, 4.69) is 5.32 Å². The Bertz CT molecular complexity index is 426. The number of carbonyl (C=O) groups excluding carboxylic acids is 1. The lowest BCUT2D eigenvalue weighted by atomic mass is 10.2. The van der Waals surface area contributed by atoms with Gasteiger partial charge in [0.25, 0.3) is 0 Å². The fraction of sp³-hybridized carbons (Fsp3) is 0.308. The highest BCUT2D eigenvalue weighted by molar-refractivity contribution is 5.92. The molecule has 1 fully saturated rings. The molecule has 0 bridgehead atoms. The van der Waals surface area contributed by atoms with Crippen LogP contribution in [0.4, 0.5) is 0 Å². The summed E-state index contributed by atoms with van der Waals surface area (Å²) in [5, 5.41) is 2.82. The molecule has 2 atom stereocenters. The van der Waals surface area contributed by atoms with Gasteiger partial charge in [-0.2, -0.15) is 0 Å². The second kappa shape index (κ2) is 5.01. The lowest BCUT2D eigenvalue weighted by Gasteiger charge is -2.00.